The third-order valence-corrected chi connectivity index (χ3v) is 5.10. The molecule has 0 aliphatic heterocycles. The lowest BCUT2D eigenvalue weighted by atomic mass is 9.79. The summed E-state index contributed by atoms with van der Waals surface area (Å²) in [7, 11) is 2.23. The summed E-state index contributed by atoms with van der Waals surface area (Å²) in [4.78, 5) is 7.87. The molecular weight excluding hydrogens is 278 g/mol. The molecule has 19 heavy (non-hydrogen) atoms. The van der Waals surface area contributed by atoms with Crippen LogP contribution in [0.25, 0.3) is 0 Å². The molecule has 1 aliphatic carbocycles. The molecule has 2 rings (SSSR count). The van der Waals surface area contributed by atoms with Crippen LogP contribution in [0.3, 0.4) is 0 Å². The Bertz CT molecular complexity index is 373. The topological polar surface area (TPSA) is 42.2 Å². The van der Waals surface area contributed by atoms with E-state index in [1.807, 2.05) is 6.20 Å². The van der Waals surface area contributed by atoms with Gasteiger partial charge in [-0.3, -0.25) is 4.90 Å². The van der Waals surface area contributed by atoms with E-state index in [0.717, 1.165) is 24.4 Å². The summed E-state index contributed by atoms with van der Waals surface area (Å²) >= 11 is 1.61. The number of halogens is 1. The summed E-state index contributed by atoms with van der Waals surface area (Å²) < 4.78 is 0. The van der Waals surface area contributed by atoms with Crippen molar-refractivity contribution in [2.75, 3.05) is 12.8 Å². The molecule has 0 aromatic carbocycles. The largest absolute Gasteiger partial charge is 0.375 e. The highest BCUT2D eigenvalue weighted by molar-refractivity contribution is 7.15. The van der Waals surface area contributed by atoms with Gasteiger partial charge in [-0.2, -0.15) is 0 Å². The first-order valence-corrected chi connectivity index (χ1v) is 7.78. The standard InChI is InChI=1S/C14H25N3S.ClH/c1-10(2)11-4-6-12(7-5-11)17(3)9-13-8-16-14(15)18-13;/h8,10-12H,4-7,9H2,1-3H3,(H2,15,16);1H. The Kier molecular flexibility index (Phi) is 6.57. The maximum absolute atomic E-state index is 5.67. The second-order valence-corrected chi connectivity index (χ2v) is 7.04. The lowest BCUT2D eigenvalue weighted by Gasteiger charge is -2.35. The molecule has 1 aliphatic rings. The molecular formula is C14H26ClN3S. The van der Waals surface area contributed by atoms with Gasteiger partial charge in [0.2, 0.25) is 0 Å². The Morgan fingerprint density at radius 3 is 2.47 bits per heavy atom. The van der Waals surface area contributed by atoms with Gasteiger partial charge in [0.1, 0.15) is 0 Å². The van der Waals surface area contributed by atoms with Crippen LogP contribution in [0.1, 0.15) is 44.4 Å². The van der Waals surface area contributed by atoms with E-state index in [1.54, 1.807) is 11.3 Å². The predicted octanol–water partition coefficient (Wildman–Crippen LogP) is 3.79. The highest BCUT2D eigenvalue weighted by atomic mass is 35.5. The van der Waals surface area contributed by atoms with Crippen molar-refractivity contribution < 1.29 is 0 Å². The Morgan fingerprint density at radius 1 is 1.37 bits per heavy atom. The van der Waals surface area contributed by atoms with Gasteiger partial charge in [-0.05, 0) is 44.6 Å². The van der Waals surface area contributed by atoms with Crippen molar-refractivity contribution in [1.29, 1.82) is 0 Å². The Balaban J connectivity index is 0.00000180. The van der Waals surface area contributed by atoms with Crippen LogP contribution < -0.4 is 5.73 Å². The third kappa shape index (κ3) is 4.62. The molecule has 0 radical (unpaired) electrons. The fraction of sp³-hybridized carbons (Fsp3) is 0.786. The number of nitrogens with two attached hydrogens (primary N) is 1. The second kappa shape index (κ2) is 7.46. The molecule has 1 fully saturated rings. The van der Waals surface area contributed by atoms with Crippen LogP contribution in [0.5, 0.6) is 0 Å². The first-order valence-electron chi connectivity index (χ1n) is 6.96. The van der Waals surface area contributed by atoms with Crippen molar-refractivity contribution >= 4 is 28.9 Å². The van der Waals surface area contributed by atoms with Gasteiger partial charge in [0.25, 0.3) is 0 Å². The van der Waals surface area contributed by atoms with E-state index in [9.17, 15) is 0 Å². The summed E-state index contributed by atoms with van der Waals surface area (Å²) in [6.45, 7) is 5.70. The number of anilines is 1. The van der Waals surface area contributed by atoms with Crippen molar-refractivity contribution in [2.24, 2.45) is 11.8 Å². The van der Waals surface area contributed by atoms with Crippen molar-refractivity contribution in [1.82, 2.24) is 9.88 Å². The summed E-state index contributed by atoms with van der Waals surface area (Å²) in [5, 5.41) is 0.682. The minimum Gasteiger partial charge on any atom is -0.375 e. The molecule has 5 heteroatoms. The minimum absolute atomic E-state index is 0. The lowest BCUT2D eigenvalue weighted by Crippen LogP contribution is -2.35. The molecule has 1 saturated carbocycles. The molecule has 1 heterocycles. The summed E-state index contributed by atoms with van der Waals surface area (Å²) in [6, 6.07) is 0.739. The fourth-order valence-electron chi connectivity index (χ4n) is 2.98. The molecule has 1 aromatic heterocycles. The second-order valence-electron chi connectivity index (χ2n) is 5.89. The quantitative estimate of drug-likeness (QED) is 0.920. The summed E-state index contributed by atoms with van der Waals surface area (Å²) in [5.74, 6) is 1.78. The van der Waals surface area contributed by atoms with E-state index in [2.05, 4.69) is 30.8 Å². The van der Waals surface area contributed by atoms with Crippen molar-refractivity contribution in [3.05, 3.63) is 11.1 Å². The number of hydrogen-bond acceptors (Lipinski definition) is 4. The SMILES string of the molecule is CC(C)C1CCC(N(C)Cc2cnc(N)s2)CC1.Cl. The molecule has 0 bridgehead atoms. The maximum atomic E-state index is 5.67. The first kappa shape index (κ1) is 16.7. The number of aromatic nitrogens is 1. The predicted molar refractivity (Wildman–Crippen MR) is 85.8 cm³/mol. The van der Waals surface area contributed by atoms with Crippen molar-refractivity contribution in [3.8, 4) is 0 Å². The zero-order valence-corrected chi connectivity index (χ0v) is 13.8. The molecule has 110 valence electrons. The Hall–Kier alpha value is -0.320. The van der Waals surface area contributed by atoms with Gasteiger partial charge >= 0.3 is 0 Å². The summed E-state index contributed by atoms with van der Waals surface area (Å²) in [6.07, 6.45) is 7.37. The fourth-order valence-corrected chi connectivity index (χ4v) is 3.73. The average Bonchev–Trinajstić information content (AvgIpc) is 2.75. The molecule has 0 spiro atoms. The molecule has 0 unspecified atom stereocenters. The Labute approximate surface area is 127 Å². The Morgan fingerprint density at radius 2 is 2.00 bits per heavy atom. The van der Waals surface area contributed by atoms with Gasteiger partial charge in [-0.1, -0.05) is 13.8 Å². The summed E-state index contributed by atoms with van der Waals surface area (Å²) in [5.41, 5.74) is 5.67. The number of hydrogen-bond donors (Lipinski definition) is 1. The van der Waals surface area contributed by atoms with E-state index < -0.39 is 0 Å². The van der Waals surface area contributed by atoms with E-state index in [1.165, 1.54) is 30.6 Å². The minimum atomic E-state index is 0. The molecule has 0 saturated heterocycles. The van der Waals surface area contributed by atoms with Gasteiger partial charge in [0, 0.05) is 23.7 Å². The zero-order valence-electron chi connectivity index (χ0n) is 12.1. The van der Waals surface area contributed by atoms with Crippen LogP contribution >= 0.6 is 23.7 Å². The van der Waals surface area contributed by atoms with Gasteiger partial charge in [0.05, 0.1) is 0 Å². The highest BCUT2D eigenvalue weighted by Crippen LogP contribution is 2.32. The van der Waals surface area contributed by atoms with Crippen LogP contribution in [0.2, 0.25) is 0 Å². The first-order chi connectivity index (χ1) is 8.56. The number of thiazole rings is 1. The molecule has 1 aromatic rings. The number of nitrogens with zero attached hydrogens (tertiary/aromatic N) is 2. The third-order valence-electron chi connectivity index (χ3n) is 4.28. The average molecular weight is 304 g/mol. The van der Waals surface area contributed by atoms with E-state index in [-0.39, 0.29) is 12.4 Å². The molecule has 0 atom stereocenters. The van der Waals surface area contributed by atoms with Gasteiger partial charge in [-0.15, -0.1) is 23.7 Å². The zero-order chi connectivity index (χ0) is 13.1. The van der Waals surface area contributed by atoms with Crippen LogP contribution in [0.15, 0.2) is 6.20 Å². The lowest BCUT2D eigenvalue weighted by molar-refractivity contribution is 0.143. The van der Waals surface area contributed by atoms with Crippen LogP contribution in [0.4, 0.5) is 5.13 Å². The van der Waals surface area contributed by atoms with Crippen molar-refractivity contribution in [2.45, 2.75) is 52.1 Å². The van der Waals surface area contributed by atoms with E-state index in [0.29, 0.717) is 5.13 Å². The molecule has 2 N–H and O–H groups in total. The normalized spacial score (nSPS) is 23.6. The van der Waals surface area contributed by atoms with Crippen LogP contribution in [-0.2, 0) is 6.54 Å². The van der Waals surface area contributed by atoms with Crippen molar-refractivity contribution in [3.63, 3.8) is 0 Å². The molecule has 0 amide bonds. The van der Waals surface area contributed by atoms with Gasteiger partial charge < -0.3 is 5.73 Å². The van der Waals surface area contributed by atoms with Crippen LogP contribution in [-0.4, -0.2) is 23.0 Å². The monoisotopic (exact) mass is 303 g/mol. The maximum Gasteiger partial charge on any atom is 0.180 e. The highest BCUT2D eigenvalue weighted by Gasteiger charge is 2.25. The molecule has 3 nitrogen and oxygen atoms in total. The van der Waals surface area contributed by atoms with E-state index in [4.69, 9.17) is 5.73 Å². The van der Waals surface area contributed by atoms with Gasteiger partial charge in [-0.25, -0.2) is 4.98 Å². The van der Waals surface area contributed by atoms with E-state index >= 15 is 0 Å². The number of nitrogen functional groups attached to an aromatic ring is 1. The van der Waals surface area contributed by atoms with Gasteiger partial charge in [0.15, 0.2) is 5.13 Å². The van der Waals surface area contributed by atoms with Crippen LogP contribution in [0, 0.1) is 11.8 Å². The smallest absolute Gasteiger partial charge is 0.180 e. The number of rotatable bonds is 4.